The molecule has 2 aliphatic heterocycles. The fourth-order valence-electron chi connectivity index (χ4n) is 2.36. The van der Waals surface area contributed by atoms with Gasteiger partial charge in [-0.3, -0.25) is 9.59 Å². The van der Waals surface area contributed by atoms with Crippen LogP contribution in [0.3, 0.4) is 0 Å². The minimum Gasteiger partial charge on any atom is -0.441 e. The molecule has 6 nitrogen and oxygen atoms in total. The lowest BCUT2D eigenvalue weighted by molar-refractivity contribution is -0.118. The lowest BCUT2D eigenvalue weighted by Gasteiger charge is -2.27. The summed E-state index contributed by atoms with van der Waals surface area (Å²) in [5.41, 5.74) is 2.06. The molecule has 0 radical (unpaired) electrons. The maximum Gasteiger partial charge on any atom is 0.254 e. The second-order valence-corrected chi connectivity index (χ2v) is 5.02. The number of carbonyl (C=O) groups is 2. The molecule has 0 spiro atoms. The number of nitrogens with one attached hydrogen (secondary N) is 3. The topological polar surface area (TPSA) is 79.5 Å². The quantitative estimate of drug-likeness (QED) is 0.762. The van der Waals surface area contributed by atoms with E-state index in [-0.39, 0.29) is 11.8 Å². The fourth-order valence-corrected chi connectivity index (χ4v) is 2.36. The van der Waals surface area contributed by atoms with Gasteiger partial charge in [-0.05, 0) is 24.1 Å². The third-order valence-electron chi connectivity index (χ3n) is 3.49. The first-order valence-electron chi connectivity index (χ1n) is 7.03. The largest absolute Gasteiger partial charge is 0.441 e. The molecule has 110 valence electrons. The standard InChI is InChI=1S/C15H17N3O3/c1-2-5-16-13(19)10-4-3-9-6-11-14(20)17-8-18-15(11)21-12(9)7-10/h3-4,7,18H,2,5-6,8H2,1H3,(H,16,19)(H,17,20). The van der Waals surface area contributed by atoms with Crippen LogP contribution in [-0.2, 0) is 11.2 Å². The Labute approximate surface area is 122 Å². The van der Waals surface area contributed by atoms with Crippen molar-refractivity contribution in [3.8, 4) is 5.75 Å². The summed E-state index contributed by atoms with van der Waals surface area (Å²) in [5, 5.41) is 8.55. The Hall–Kier alpha value is -2.50. The van der Waals surface area contributed by atoms with Gasteiger partial charge in [0.1, 0.15) is 5.75 Å². The number of ether oxygens (including phenoxy) is 1. The van der Waals surface area contributed by atoms with E-state index in [1.807, 2.05) is 13.0 Å². The maximum atomic E-state index is 12.0. The average molecular weight is 287 g/mol. The molecule has 2 heterocycles. The van der Waals surface area contributed by atoms with Gasteiger partial charge in [0.25, 0.3) is 11.8 Å². The zero-order valence-electron chi connectivity index (χ0n) is 11.8. The Balaban J connectivity index is 1.84. The van der Waals surface area contributed by atoms with Crippen molar-refractivity contribution in [1.82, 2.24) is 16.0 Å². The van der Waals surface area contributed by atoms with Crippen molar-refractivity contribution >= 4 is 11.8 Å². The second-order valence-electron chi connectivity index (χ2n) is 5.02. The number of carbonyl (C=O) groups excluding carboxylic acids is 2. The molecule has 1 aromatic carbocycles. The minimum absolute atomic E-state index is 0.112. The van der Waals surface area contributed by atoms with E-state index in [0.717, 1.165) is 12.0 Å². The maximum absolute atomic E-state index is 12.0. The SMILES string of the molecule is CCCNC(=O)c1ccc2c(c1)OC1=C(C2)C(=O)NCN1. The lowest BCUT2D eigenvalue weighted by atomic mass is 9.99. The van der Waals surface area contributed by atoms with Crippen LogP contribution in [-0.4, -0.2) is 25.0 Å². The van der Waals surface area contributed by atoms with Crippen LogP contribution in [0.5, 0.6) is 5.75 Å². The number of hydrogen-bond acceptors (Lipinski definition) is 4. The molecule has 21 heavy (non-hydrogen) atoms. The van der Waals surface area contributed by atoms with E-state index in [4.69, 9.17) is 4.74 Å². The van der Waals surface area contributed by atoms with Crippen LogP contribution < -0.4 is 20.7 Å². The third-order valence-corrected chi connectivity index (χ3v) is 3.49. The molecule has 0 aromatic heterocycles. The first-order chi connectivity index (χ1) is 10.2. The zero-order chi connectivity index (χ0) is 14.8. The van der Waals surface area contributed by atoms with Crippen molar-refractivity contribution in [2.24, 2.45) is 0 Å². The van der Waals surface area contributed by atoms with Crippen molar-refractivity contribution < 1.29 is 14.3 Å². The molecule has 6 heteroatoms. The van der Waals surface area contributed by atoms with Crippen molar-refractivity contribution in [2.75, 3.05) is 13.2 Å². The molecule has 0 saturated heterocycles. The molecular formula is C15H17N3O3. The summed E-state index contributed by atoms with van der Waals surface area (Å²) in [6, 6.07) is 5.31. The van der Waals surface area contributed by atoms with Gasteiger partial charge in [0.2, 0.25) is 5.88 Å². The van der Waals surface area contributed by atoms with Crippen molar-refractivity contribution in [3.63, 3.8) is 0 Å². The van der Waals surface area contributed by atoms with Gasteiger partial charge in [-0.1, -0.05) is 13.0 Å². The second kappa shape index (κ2) is 5.47. The van der Waals surface area contributed by atoms with Crippen LogP contribution in [0, 0.1) is 0 Å². The molecule has 3 rings (SSSR count). The van der Waals surface area contributed by atoms with Gasteiger partial charge in [0, 0.05) is 18.5 Å². The predicted molar refractivity (Wildman–Crippen MR) is 76.6 cm³/mol. The Kier molecular flexibility index (Phi) is 3.51. The van der Waals surface area contributed by atoms with Gasteiger partial charge in [0.05, 0.1) is 12.2 Å². The predicted octanol–water partition coefficient (Wildman–Crippen LogP) is 0.650. The molecule has 2 aliphatic rings. The van der Waals surface area contributed by atoms with E-state index in [1.54, 1.807) is 12.1 Å². The Morgan fingerprint density at radius 2 is 2.24 bits per heavy atom. The van der Waals surface area contributed by atoms with E-state index in [2.05, 4.69) is 16.0 Å². The van der Waals surface area contributed by atoms with E-state index < -0.39 is 0 Å². The molecule has 0 aliphatic carbocycles. The monoisotopic (exact) mass is 287 g/mol. The number of amides is 2. The van der Waals surface area contributed by atoms with Gasteiger partial charge in [-0.15, -0.1) is 0 Å². The molecule has 0 fully saturated rings. The average Bonchev–Trinajstić information content (AvgIpc) is 2.51. The smallest absolute Gasteiger partial charge is 0.254 e. The van der Waals surface area contributed by atoms with E-state index >= 15 is 0 Å². The molecule has 0 unspecified atom stereocenters. The van der Waals surface area contributed by atoms with Crippen LogP contribution in [0.15, 0.2) is 29.7 Å². The lowest BCUT2D eigenvalue weighted by Crippen LogP contribution is -2.44. The van der Waals surface area contributed by atoms with Crippen molar-refractivity contribution in [1.29, 1.82) is 0 Å². The zero-order valence-corrected chi connectivity index (χ0v) is 11.8. The van der Waals surface area contributed by atoms with E-state index in [1.165, 1.54) is 0 Å². The normalized spacial score (nSPS) is 16.1. The van der Waals surface area contributed by atoms with E-state index in [0.29, 0.717) is 42.4 Å². The van der Waals surface area contributed by atoms with Gasteiger partial charge in [0.15, 0.2) is 0 Å². The summed E-state index contributed by atoms with van der Waals surface area (Å²) >= 11 is 0. The molecule has 0 atom stereocenters. The van der Waals surface area contributed by atoms with Crippen LogP contribution >= 0.6 is 0 Å². The number of fused-ring (bicyclic) bond motifs is 1. The van der Waals surface area contributed by atoms with Crippen LogP contribution in [0.25, 0.3) is 0 Å². The van der Waals surface area contributed by atoms with Gasteiger partial charge in [-0.25, -0.2) is 0 Å². The highest BCUT2D eigenvalue weighted by molar-refractivity contribution is 5.96. The summed E-state index contributed by atoms with van der Waals surface area (Å²) in [6.45, 7) is 3.00. The number of hydrogen-bond donors (Lipinski definition) is 3. The van der Waals surface area contributed by atoms with Gasteiger partial charge < -0.3 is 20.7 Å². The fraction of sp³-hybridized carbons (Fsp3) is 0.333. The van der Waals surface area contributed by atoms with Crippen LogP contribution in [0.2, 0.25) is 0 Å². The van der Waals surface area contributed by atoms with Crippen LogP contribution in [0.1, 0.15) is 29.3 Å². The molecule has 3 N–H and O–H groups in total. The number of benzene rings is 1. The summed E-state index contributed by atoms with van der Waals surface area (Å²) in [5.74, 6) is 0.883. The summed E-state index contributed by atoms with van der Waals surface area (Å²) in [7, 11) is 0. The molecule has 1 aromatic rings. The van der Waals surface area contributed by atoms with Crippen molar-refractivity contribution in [2.45, 2.75) is 19.8 Å². The summed E-state index contributed by atoms with van der Waals surface area (Å²) in [4.78, 5) is 23.7. The Morgan fingerprint density at radius 3 is 3.05 bits per heavy atom. The van der Waals surface area contributed by atoms with Crippen LogP contribution in [0.4, 0.5) is 0 Å². The molecular weight excluding hydrogens is 270 g/mol. The minimum atomic E-state index is -0.114. The number of rotatable bonds is 3. The summed E-state index contributed by atoms with van der Waals surface area (Å²) < 4.78 is 5.73. The molecule has 0 saturated carbocycles. The highest BCUT2D eigenvalue weighted by Crippen LogP contribution is 2.31. The molecule has 2 amide bonds. The van der Waals surface area contributed by atoms with Gasteiger partial charge >= 0.3 is 0 Å². The Bertz CT molecular complexity index is 637. The third kappa shape index (κ3) is 2.56. The van der Waals surface area contributed by atoms with Gasteiger partial charge in [-0.2, -0.15) is 0 Å². The Morgan fingerprint density at radius 1 is 1.38 bits per heavy atom. The first kappa shape index (κ1) is 13.5. The summed E-state index contributed by atoms with van der Waals surface area (Å²) in [6.07, 6.45) is 1.39. The van der Waals surface area contributed by atoms with E-state index in [9.17, 15) is 9.59 Å². The highest BCUT2D eigenvalue weighted by Gasteiger charge is 2.28. The van der Waals surface area contributed by atoms with Crippen molar-refractivity contribution in [3.05, 3.63) is 40.8 Å². The molecule has 0 bridgehead atoms. The highest BCUT2D eigenvalue weighted by atomic mass is 16.5. The first-order valence-corrected chi connectivity index (χ1v) is 7.03.